The number of thiophene rings is 1. The van der Waals surface area contributed by atoms with Gasteiger partial charge in [0.05, 0.1) is 3.79 Å². The smallest absolute Gasteiger partial charge is 0.209 e. The Morgan fingerprint density at radius 2 is 2.06 bits per heavy atom. The van der Waals surface area contributed by atoms with Crippen LogP contribution in [0.1, 0.15) is 13.8 Å². The molecule has 0 aliphatic rings. The van der Waals surface area contributed by atoms with Gasteiger partial charge in [0.15, 0.2) is 0 Å². The summed E-state index contributed by atoms with van der Waals surface area (Å²) >= 11 is 7.89. The first-order valence-corrected chi connectivity index (χ1v) is 8.73. The zero-order chi connectivity index (χ0) is 12.3. The van der Waals surface area contributed by atoms with E-state index in [4.69, 9.17) is 0 Å². The van der Waals surface area contributed by atoms with Crippen molar-refractivity contribution in [2.45, 2.75) is 22.9 Å². The van der Waals surface area contributed by atoms with E-state index in [1.54, 1.807) is 12.1 Å². The molecule has 0 fully saturated rings. The highest BCUT2D eigenvalue weighted by atomic mass is 79.9. The van der Waals surface area contributed by atoms with Crippen LogP contribution in [0, 0.1) is 5.92 Å². The maximum Gasteiger partial charge on any atom is 0.250 e. The van der Waals surface area contributed by atoms with Crippen LogP contribution in [0.25, 0.3) is 0 Å². The van der Waals surface area contributed by atoms with Crippen LogP contribution in [0.2, 0.25) is 0 Å². The van der Waals surface area contributed by atoms with Crippen molar-refractivity contribution in [1.82, 2.24) is 4.72 Å². The Kier molecular flexibility index (Phi) is 5.44. The van der Waals surface area contributed by atoms with E-state index in [9.17, 15) is 8.42 Å². The molecule has 1 aromatic heterocycles. The summed E-state index contributed by atoms with van der Waals surface area (Å²) in [5, 5.41) is 0. The van der Waals surface area contributed by atoms with Crippen LogP contribution in [0.3, 0.4) is 0 Å². The highest BCUT2D eigenvalue weighted by Crippen LogP contribution is 2.25. The van der Waals surface area contributed by atoms with Gasteiger partial charge in [0, 0.05) is 11.4 Å². The van der Waals surface area contributed by atoms with Crippen LogP contribution in [-0.2, 0) is 10.0 Å². The maximum atomic E-state index is 11.8. The summed E-state index contributed by atoms with van der Waals surface area (Å²) < 4.78 is 27.4. The number of rotatable bonds is 5. The molecule has 1 heterocycles. The Balaban J connectivity index is 2.67. The van der Waals surface area contributed by atoms with E-state index < -0.39 is 10.0 Å². The van der Waals surface area contributed by atoms with Crippen LogP contribution in [-0.4, -0.2) is 19.8 Å². The molecule has 0 amide bonds. The van der Waals surface area contributed by atoms with Gasteiger partial charge < -0.3 is 0 Å². The van der Waals surface area contributed by atoms with Gasteiger partial charge in [-0.05, 0) is 34.0 Å². The first-order valence-electron chi connectivity index (χ1n) is 4.72. The van der Waals surface area contributed by atoms with Gasteiger partial charge in [-0.2, -0.15) is 0 Å². The fourth-order valence-electron chi connectivity index (χ4n) is 0.938. The summed E-state index contributed by atoms with van der Waals surface area (Å²) in [6.07, 6.45) is 0. The van der Waals surface area contributed by atoms with E-state index >= 15 is 0 Å². The van der Waals surface area contributed by atoms with Crippen molar-refractivity contribution in [3.05, 3.63) is 15.9 Å². The van der Waals surface area contributed by atoms with Gasteiger partial charge >= 0.3 is 0 Å². The van der Waals surface area contributed by atoms with Crippen molar-refractivity contribution < 1.29 is 8.42 Å². The molecule has 1 unspecified atom stereocenters. The van der Waals surface area contributed by atoms with Gasteiger partial charge in [0.1, 0.15) is 4.21 Å². The number of hydrogen-bond donors (Lipinski definition) is 1. The van der Waals surface area contributed by atoms with E-state index in [1.807, 2.05) is 13.8 Å². The van der Waals surface area contributed by atoms with Crippen LogP contribution in [0.4, 0.5) is 0 Å². The Hall–Kier alpha value is 0.570. The molecule has 0 aromatic carbocycles. The van der Waals surface area contributed by atoms with E-state index in [0.29, 0.717) is 16.7 Å². The minimum Gasteiger partial charge on any atom is -0.209 e. The van der Waals surface area contributed by atoms with Crippen LogP contribution < -0.4 is 4.72 Å². The monoisotopic (exact) mass is 389 g/mol. The van der Waals surface area contributed by atoms with Crippen molar-refractivity contribution >= 4 is 53.2 Å². The SMILES string of the molecule is CC(C)C(Br)CNS(=O)(=O)c1ccc(Br)s1. The number of nitrogens with one attached hydrogen (secondary N) is 1. The molecule has 3 nitrogen and oxygen atoms in total. The van der Waals surface area contributed by atoms with Gasteiger partial charge in [-0.3, -0.25) is 0 Å². The largest absolute Gasteiger partial charge is 0.250 e. The highest BCUT2D eigenvalue weighted by molar-refractivity contribution is 9.11. The predicted molar refractivity (Wildman–Crippen MR) is 74.8 cm³/mol. The molecule has 0 aliphatic heterocycles. The Bertz CT molecular complexity index is 442. The molecule has 1 N–H and O–H groups in total. The Morgan fingerprint density at radius 3 is 2.50 bits per heavy atom. The first kappa shape index (κ1) is 14.6. The van der Waals surface area contributed by atoms with E-state index in [1.165, 1.54) is 11.3 Å². The minimum absolute atomic E-state index is 0.144. The summed E-state index contributed by atoms with van der Waals surface area (Å²) in [6, 6.07) is 3.32. The molecule has 0 spiro atoms. The molecule has 0 radical (unpaired) electrons. The first-order chi connectivity index (χ1) is 7.33. The number of alkyl halides is 1. The van der Waals surface area contributed by atoms with Gasteiger partial charge in [0.2, 0.25) is 10.0 Å². The zero-order valence-electron chi connectivity index (χ0n) is 8.91. The molecule has 0 bridgehead atoms. The van der Waals surface area contributed by atoms with E-state index in [2.05, 4.69) is 36.6 Å². The Labute approximate surface area is 117 Å². The second-order valence-corrected chi connectivity index (χ2v) is 9.30. The number of sulfonamides is 1. The van der Waals surface area contributed by atoms with E-state index in [-0.39, 0.29) is 4.83 Å². The molecule has 0 aliphatic carbocycles. The molecule has 0 saturated carbocycles. The molecule has 1 rings (SSSR count). The summed E-state index contributed by atoms with van der Waals surface area (Å²) in [6.45, 7) is 4.47. The van der Waals surface area contributed by atoms with Gasteiger partial charge in [-0.25, -0.2) is 13.1 Å². The third-order valence-electron chi connectivity index (χ3n) is 2.01. The molecule has 1 atom stereocenters. The zero-order valence-corrected chi connectivity index (χ0v) is 13.7. The molecule has 92 valence electrons. The number of hydrogen-bond acceptors (Lipinski definition) is 3. The lowest BCUT2D eigenvalue weighted by Crippen LogP contribution is -2.31. The summed E-state index contributed by atoms with van der Waals surface area (Å²) in [7, 11) is -3.36. The maximum absolute atomic E-state index is 11.8. The fourth-order valence-corrected chi connectivity index (χ4v) is 4.43. The molecular formula is C9H13Br2NO2S2. The standard InChI is InChI=1S/C9H13Br2NO2S2/c1-6(2)7(10)5-12-16(13,14)9-4-3-8(11)15-9/h3-4,6-7,12H,5H2,1-2H3. The average molecular weight is 391 g/mol. The fraction of sp³-hybridized carbons (Fsp3) is 0.556. The topological polar surface area (TPSA) is 46.2 Å². The van der Waals surface area contributed by atoms with Crippen molar-refractivity contribution in [2.75, 3.05) is 6.54 Å². The highest BCUT2D eigenvalue weighted by Gasteiger charge is 2.18. The molecule has 1 aromatic rings. The van der Waals surface area contributed by atoms with Crippen molar-refractivity contribution in [3.63, 3.8) is 0 Å². The van der Waals surface area contributed by atoms with Crippen LogP contribution in [0.5, 0.6) is 0 Å². The molecular weight excluding hydrogens is 378 g/mol. The lowest BCUT2D eigenvalue weighted by Gasteiger charge is -2.13. The third-order valence-corrected chi connectivity index (χ3v) is 6.93. The van der Waals surface area contributed by atoms with E-state index in [0.717, 1.165) is 3.79 Å². The van der Waals surface area contributed by atoms with Gasteiger partial charge in [-0.15, -0.1) is 11.3 Å². The molecule has 7 heteroatoms. The van der Waals surface area contributed by atoms with Gasteiger partial charge in [-0.1, -0.05) is 29.8 Å². The second kappa shape index (κ2) is 5.95. The van der Waals surface area contributed by atoms with Crippen molar-refractivity contribution in [2.24, 2.45) is 5.92 Å². The minimum atomic E-state index is -3.36. The Morgan fingerprint density at radius 1 is 1.44 bits per heavy atom. The quantitative estimate of drug-likeness (QED) is 0.784. The lowest BCUT2D eigenvalue weighted by molar-refractivity contribution is 0.564. The molecule has 0 saturated heterocycles. The summed E-state index contributed by atoms with van der Waals surface area (Å²) in [5.41, 5.74) is 0. The summed E-state index contributed by atoms with van der Waals surface area (Å²) in [4.78, 5) is 0.144. The van der Waals surface area contributed by atoms with Crippen LogP contribution in [0.15, 0.2) is 20.1 Å². The molecule has 16 heavy (non-hydrogen) atoms. The van der Waals surface area contributed by atoms with Crippen molar-refractivity contribution in [3.8, 4) is 0 Å². The van der Waals surface area contributed by atoms with Gasteiger partial charge in [0.25, 0.3) is 0 Å². The summed E-state index contributed by atoms with van der Waals surface area (Å²) in [5.74, 6) is 0.387. The van der Waals surface area contributed by atoms with Crippen molar-refractivity contribution in [1.29, 1.82) is 0 Å². The third kappa shape index (κ3) is 4.10. The predicted octanol–water partition coefficient (Wildman–Crippen LogP) is 3.21. The lowest BCUT2D eigenvalue weighted by atomic mass is 10.1. The average Bonchev–Trinajstić information content (AvgIpc) is 2.61. The number of halogens is 2. The normalized spacial score (nSPS) is 14.3. The second-order valence-electron chi connectivity index (χ2n) is 3.67. The van der Waals surface area contributed by atoms with Crippen LogP contribution >= 0.6 is 43.2 Å².